The molecule has 1 rings (SSSR count). The van der Waals surface area contributed by atoms with Gasteiger partial charge in [-0.2, -0.15) is 0 Å². The van der Waals surface area contributed by atoms with E-state index in [2.05, 4.69) is 0 Å². The molecule has 0 aromatic carbocycles. The lowest BCUT2D eigenvalue weighted by molar-refractivity contribution is 0.276. The van der Waals surface area contributed by atoms with E-state index in [1.165, 1.54) is 0 Å². The van der Waals surface area contributed by atoms with Crippen LogP contribution in [0.25, 0.3) is 0 Å². The van der Waals surface area contributed by atoms with Crippen LogP contribution >= 0.6 is 0 Å². The molecule has 0 radical (unpaired) electrons. The van der Waals surface area contributed by atoms with Crippen LogP contribution in [0.5, 0.6) is 0 Å². The van der Waals surface area contributed by atoms with Crippen molar-refractivity contribution in [2.24, 2.45) is 5.73 Å². The third kappa shape index (κ3) is 1.87. The predicted molar refractivity (Wildman–Crippen MR) is 46.7 cm³/mol. The van der Waals surface area contributed by atoms with Gasteiger partial charge in [0.1, 0.15) is 5.76 Å². The molecule has 0 aliphatic rings. The van der Waals surface area contributed by atoms with Crippen molar-refractivity contribution in [3.8, 4) is 0 Å². The van der Waals surface area contributed by atoms with Gasteiger partial charge in [0, 0.05) is 24.6 Å². The van der Waals surface area contributed by atoms with Crippen LogP contribution in [0.4, 0.5) is 0 Å². The fourth-order valence-electron chi connectivity index (χ4n) is 1.26. The number of aliphatic hydroxyl groups is 1. The number of aryl methyl sites for hydroxylation is 1. The fourth-order valence-corrected chi connectivity index (χ4v) is 1.26. The number of furan rings is 1. The first-order valence-electron chi connectivity index (χ1n) is 4.22. The van der Waals surface area contributed by atoms with Crippen LogP contribution in [-0.2, 0) is 6.42 Å². The molecule has 0 bridgehead atoms. The van der Waals surface area contributed by atoms with E-state index in [0.717, 1.165) is 17.7 Å². The number of hydrogen-bond donors (Lipinski definition) is 2. The van der Waals surface area contributed by atoms with Gasteiger partial charge in [-0.25, -0.2) is 0 Å². The molecule has 1 aromatic rings. The molecular formula is C9H15NO2. The van der Waals surface area contributed by atoms with Crippen LogP contribution < -0.4 is 5.73 Å². The van der Waals surface area contributed by atoms with Crippen molar-refractivity contribution in [3.63, 3.8) is 0 Å². The summed E-state index contributed by atoms with van der Waals surface area (Å²) in [5.41, 5.74) is 6.83. The second kappa shape index (κ2) is 4.28. The summed E-state index contributed by atoms with van der Waals surface area (Å²) in [6, 6.07) is 1.78. The predicted octanol–water partition coefficient (Wildman–Crippen LogP) is 1.22. The Morgan fingerprint density at radius 1 is 1.67 bits per heavy atom. The fraction of sp³-hybridized carbons (Fsp3) is 0.556. The largest absolute Gasteiger partial charge is 0.469 e. The quantitative estimate of drug-likeness (QED) is 0.712. The molecule has 0 aliphatic carbocycles. The number of rotatable bonds is 4. The zero-order chi connectivity index (χ0) is 8.97. The van der Waals surface area contributed by atoms with Crippen LogP contribution in [0.15, 0.2) is 16.7 Å². The van der Waals surface area contributed by atoms with Crippen molar-refractivity contribution in [2.45, 2.75) is 25.8 Å². The van der Waals surface area contributed by atoms with Crippen molar-refractivity contribution in [3.05, 3.63) is 23.7 Å². The third-order valence-electron chi connectivity index (χ3n) is 1.94. The van der Waals surface area contributed by atoms with Gasteiger partial charge in [0.2, 0.25) is 0 Å². The van der Waals surface area contributed by atoms with Gasteiger partial charge in [-0.3, -0.25) is 0 Å². The minimum absolute atomic E-state index is 0.0938. The van der Waals surface area contributed by atoms with Crippen LogP contribution in [0, 0.1) is 0 Å². The Hall–Kier alpha value is -0.800. The molecule has 0 amide bonds. The monoisotopic (exact) mass is 169 g/mol. The molecule has 0 unspecified atom stereocenters. The number of aliphatic hydroxyl groups excluding tert-OH is 1. The number of nitrogens with two attached hydrogens (primary N) is 1. The van der Waals surface area contributed by atoms with E-state index in [-0.39, 0.29) is 12.6 Å². The topological polar surface area (TPSA) is 59.4 Å². The van der Waals surface area contributed by atoms with Crippen LogP contribution in [0.2, 0.25) is 0 Å². The Labute approximate surface area is 72.2 Å². The average molecular weight is 169 g/mol. The van der Waals surface area contributed by atoms with Gasteiger partial charge in [-0.1, -0.05) is 6.92 Å². The van der Waals surface area contributed by atoms with E-state index in [1.54, 1.807) is 6.26 Å². The molecule has 3 nitrogen and oxygen atoms in total. The van der Waals surface area contributed by atoms with Gasteiger partial charge in [-0.15, -0.1) is 0 Å². The lowest BCUT2D eigenvalue weighted by atomic mass is 10.1. The third-order valence-corrected chi connectivity index (χ3v) is 1.94. The molecule has 1 heterocycles. The maximum Gasteiger partial charge on any atom is 0.108 e. The van der Waals surface area contributed by atoms with Gasteiger partial charge in [-0.05, 0) is 12.5 Å². The first-order chi connectivity index (χ1) is 5.79. The summed E-state index contributed by atoms with van der Waals surface area (Å²) in [5.74, 6) is 0.927. The Balaban J connectivity index is 2.71. The van der Waals surface area contributed by atoms with Crippen LogP contribution in [0.1, 0.15) is 30.7 Å². The van der Waals surface area contributed by atoms with Gasteiger partial charge >= 0.3 is 0 Å². The Bertz CT molecular complexity index is 232. The van der Waals surface area contributed by atoms with E-state index in [4.69, 9.17) is 15.3 Å². The minimum atomic E-state index is -0.0938. The highest BCUT2D eigenvalue weighted by Crippen LogP contribution is 2.19. The molecule has 1 aromatic heterocycles. The minimum Gasteiger partial charge on any atom is -0.469 e. The summed E-state index contributed by atoms with van der Waals surface area (Å²) in [4.78, 5) is 0. The first kappa shape index (κ1) is 9.29. The summed E-state index contributed by atoms with van der Waals surface area (Å²) >= 11 is 0. The van der Waals surface area contributed by atoms with E-state index in [9.17, 15) is 0 Å². The molecule has 3 heteroatoms. The highest BCUT2D eigenvalue weighted by molar-refractivity contribution is 5.20. The van der Waals surface area contributed by atoms with Crippen LogP contribution in [-0.4, -0.2) is 11.7 Å². The van der Waals surface area contributed by atoms with E-state index in [1.807, 2.05) is 13.0 Å². The highest BCUT2D eigenvalue weighted by atomic mass is 16.3. The Morgan fingerprint density at radius 2 is 2.42 bits per heavy atom. The molecule has 1 atom stereocenters. The molecule has 3 N–H and O–H groups in total. The summed E-state index contributed by atoms with van der Waals surface area (Å²) in [7, 11) is 0. The normalized spacial score (nSPS) is 13.2. The molecule has 0 fully saturated rings. The van der Waals surface area contributed by atoms with E-state index < -0.39 is 0 Å². The Morgan fingerprint density at radius 3 is 3.00 bits per heavy atom. The molecule has 0 spiro atoms. The zero-order valence-electron chi connectivity index (χ0n) is 7.29. The lowest BCUT2D eigenvalue weighted by Crippen LogP contribution is -2.12. The molecule has 0 aliphatic heterocycles. The SMILES string of the molecule is CCc1occc1[C@@H](N)CCO. The molecular weight excluding hydrogens is 154 g/mol. The second-order valence-electron chi connectivity index (χ2n) is 2.77. The maximum absolute atomic E-state index is 8.69. The van der Waals surface area contributed by atoms with Gasteiger partial charge < -0.3 is 15.3 Å². The molecule has 0 saturated carbocycles. The van der Waals surface area contributed by atoms with Gasteiger partial charge in [0.15, 0.2) is 0 Å². The number of hydrogen-bond acceptors (Lipinski definition) is 3. The standard InChI is InChI=1S/C9H15NO2/c1-2-9-7(4-6-12-9)8(10)3-5-11/h4,6,8,11H,2-3,5,10H2,1H3/t8-/m0/s1. The van der Waals surface area contributed by atoms with Crippen molar-refractivity contribution in [1.29, 1.82) is 0 Å². The average Bonchev–Trinajstić information content (AvgIpc) is 2.51. The van der Waals surface area contributed by atoms with Gasteiger partial charge in [0.25, 0.3) is 0 Å². The zero-order valence-corrected chi connectivity index (χ0v) is 7.29. The highest BCUT2D eigenvalue weighted by Gasteiger charge is 2.11. The molecule has 12 heavy (non-hydrogen) atoms. The van der Waals surface area contributed by atoms with Crippen molar-refractivity contribution >= 4 is 0 Å². The molecule has 0 saturated heterocycles. The first-order valence-corrected chi connectivity index (χ1v) is 4.22. The Kier molecular flexibility index (Phi) is 3.31. The molecule has 68 valence electrons. The van der Waals surface area contributed by atoms with E-state index >= 15 is 0 Å². The summed E-state index contributed by atoms with van der Waals surface area (Å²) in [5, 5.41) is 8.69. The van der Waals surface area contributed by atoms with E-state index in [0.29, 0.717) is 6.42 Å². The summed E-state index contributed by atoms with van der Waals surface area (Å²) < 4.78 is 5.22. The van der Waals surface area contributed by atoms with Crippen molar-refractivity contribution in [2.75, 3.05) is 6.61 Å². The summed E-state index contributed by atoms with van der Waals surface area (Å²) in [6.07, 6.45) is 3.08. The van der Waals surface area contributed by atoms with Crippen molar-refractivity contribution < 1.29 is 9.52 Å². The van der Waals surface area contributed by atoms with Gasteiger partial charge in [0.05, 0.1) is 6.26 Å². The second-order valence-corrected chi connectivity index (χ2v) is 2.77. The lowest BCUT2D eigenvalue weighted by Gasteiger charge is -2.08. The smallest absolute Gasteiger partial charge is 0.108 e. The van der Waals surface area contributed by atoms with Crippen molar-refractivity contribution in [1.82, 2.24) is 0 Å². The van der Waals surface area contributed by atoms with Crippen LogP contribution in [0.3, 0.4) is 0 Å². The summed E-state index contributed by atoms with van der Waals surface area (Å²) in [6.45, 7) is 2.14. The maximum atomic E-state index is 8.69.